The fourth-order valence-corrected chi connectivity index (χ4v) is 2.04. The van der Waals surface area contributed by atoms with E-state index in [2.05, 4.69) is 9.98 Å². The molecule has 19 heavy (non-hydrogen) atoms. The zero-order chi connectivity index (χ0) is 13.8. The molecule has 0 aromatic carbocycles. The van der Waals surface area contributed by atoms with Crippen LogP contribution in [-0.4, -0.2) is 31.4 Å². The maximum Gasteiger partial charge on any atom is 0.204 e. The number of aromatic nitrogens is 4. The minimum atomic E-state index is 0.795. The van der Waals surface area contributed by atoms with E-state index in [9.17, 15) is 0 Å². The number of nitrogens with zero attached hydrogens (tertiary/aromatic N) is 6. The van der Waals surface area contributed by atoms with Crippen molar-refractivity contribution < 1.29 is 0 Å². The van der Waals surface area contributed by atoms with Gasteiger partial charge in [-0.2, -0.15) is 0 Å². The second kappa shape index (κ2) is 5.77. The second-order valence-electron chi connectivity index (χ2n) is 4.76. The van der Waals surface area contributed by atoms with Gasteiger partial charge in [0.2, 0.25) is 11.2 Å². The molecule has 0 saturated carbocycles. The summed E-state index contributed by atoms with van der Waals surface area (Å²) in [5.41, 5.74) is 1.98. The molecule has 0 amide bonds. The van der Waals surface area contributed by atoms with Crippen LogP contribution in [0.3, 0.4) is 0 Å². The summed E-state index contributed by atoms with van der Waals surface area (Å²) in [6.45, 7) is 1.59. The maximum absolute atomic E-state index is 4.58. The molecule has 0 spiro atoms. The van der Waals surface area contributed by atoms with Gasteiger partial charge in [-0.3, -0.25) is 9.98 Å². The SMILES string of the molecule is Cn1ccn(C)c1=NCCCN=c1n(C)ccn1C. The minimum Gasteiger partial charge on any atom is -0.321 e. The first-order valence-corrected chi connectivity index (χ1v) is 6.46. The smallest absolute Gasteiger partial charge is 0.204 e. The zero-order valence-corrected chi connectivity index (χ0v) is 12.1. The molecule has 2 aromatic rings. The summed E-state index contributed by atoms with van der Waals surface area (Å²) in [5.74, 6) is 0. The summed E-state index contributed by atoms with van der Waals surface area (Å²) >= 11 is 0. The van der Waals surface area contributed by atoms with Crippen molar-refractivity contribution in [1.29, 1.82) is 0 Å². The molecule has 2 heterocycles. The van der Waals surface area contributed by atoms with Crippen LogP contribution in [0.5, 0.6) is 0 Å². The van der Waals surface area contributed by atoms with Gasteiger partial charge >= 0.3 is 0 Å². The molecule has 0 atom stereocenters. The van der Waals surface area contributed by atoms with Gasteiger partial charge < -0.3 is 18.3 Å². The number of hydrogen-bond donors (Lipinski definition) is 0. The molecule has 0 N–H and O–H groups in total. The molecule has 0 aliphatic carbocycles. The van der Waals surface area contributed by atoms with Crippen LogP contribution in [0, 0.1) is 0 Å². The van der Waals surface area contributed by atoms with Gasteiger partial charge in [-0.25, -0.2) is 0 Å². The Balaban J connectivity index is 1.96. The van der Waals surface area contributed by atoms with Crippen LogP contribution < -0.4 is 11.2 Å². The molecule has 0 radical (unpaired) electrons. The highest BCUT2D eigenvalue weighted by molar-refractivity contribution is 4.78. The monoisotopic (exact) mass is 262 g/mol. The Morgan fingerprint density at radius 2 is 1.00 bits per heavy atom. The molecular weight excluding hydrogens is 240 g/mol. The van der Waals surface area contributed by atoms with Crippen LogP contribution in [0.1, 0.15) is 6.42 Å². The topological polar surface area (TPSA) is 44.4 Å². The molecule has 0 aliphatic heterocycles. The van der Waals surface area contributed by atoms with Crippen LogP contribution in [0.15, 0.2) is 34.8 Å². The van der Waals surface area contributed by atoms with Crippen molar-refractivity contribution in [3.63, 3.8) is 0 Å². The predicted molar refractivity (Wildman–Crippen MR) is 74.2 cm³/mol. The largest absolute Gasteiger partial charge is 0.321 e. The van der Waals surface area contributed by atoms with E-state index in [1.165, 1.54) is 0 Å². The lowest BCUT2D eigenvalue weighted by molar-refractivity contribution is 0.680. The third kappa shape index (κ3) is 3.07. The highest BCUT2D eigenvalue weighted by Crippen LogP contribution is 1.84. The van der Waals surface area contributed by atoms with Gasteiger partial charge in [-0.1, -0.05) is 0 Å². The first kappa shape index (κ1) is 13.5. The normalized spacial score (nSPS) is 10.7. The molecule has 0 bridgehead atoms. The predicted octanol–water partition coefficient (Wildman–Crippen LogP) is -0.0677. The van der Waals surface area contributed by atoms with E-state index < -0.39 is 0 Å². The minimum absolute atomic E-state index is 0.795. The summed E-state index contributed by atoms with van der Waals surface area (Å²) in [4.78, 5) is 9.16. The molecule has 6 nitrogen and oxygen atoms in total. The molecule has 0 unspecified atom stereocenters. The lowest BCUT2D eigenvalue weighted by Crippen LogP contribution is -2.23. The number of aryl methyl sites for hydroxylation is 4. The molecule has 6 heteroatoms. The Morgan fingerprint density at radius 1 is 0.684 bits per heavy atom. The third-order valence-electron chi connectivity index (χ3n) is 3.11. The van der Waals surface area contributed by atoms with E-state index in [-0.39, 0.29) is 0 Å². The van der Waals surface area contributed by atoms with Crippen LogP contribution >= 0.6 is 0 Å². The fraction of sp³-hybridized carbons (Fsp3) is 0.538. The quantitative estimate of drug-likeness (QED) is 0.693. The molecule has 104 valence electrons. The van der Waals surface area contributed by atoms with Crippen molar-refractivity contribution in [2.24, 2.45) is 38.2 Å². The number of imidazole rings is 2. The standard InChI is InChI=1S/C13H22N6/c1-16-8-9-17(2)12(16)14-6-5-7-15-13-18(3)10-11-19(13)4/h8-11H,5-7H2,1-4H3. The third-order valence-corrected chi connectivity index (χ3v) is 3.11. The van der Waals surface area contributed by atoms with Gasteiger partial charge in [0, 0.05) is 66.1 Å². The lowest BCUT2D eigenvalue weighted by Gasteiger charge is -1.97. The second-order valence-corrected chi connectivity index (χ2v) is 4.76. The summed E-state index contributed by atoms with van der Waals surface area (Å²) < 4.78 is 8.09. The lowest BCUT2D eigenvalue weighted by atomic mass is 10.4. The van der Waals surface area contributed by atoms with Crippen molar-refractivity contribution >= 4 is 0 Å². The Labute approximate surface area is 113 Å². The van der Waals surface area contributed by atoms with E-state index in [4.69, 9.17) is 0 Å². The fourth-order valence-electron chi connectivity index (χ4n) is 2.04. The summed E-state index contributed by atoms with van der Waals surface area (Å²) in [5, 5.41) is 0. The average molecular weight is 262 g/mol. The van der Waals surface area contributed by atoms with Gasteiger partial charge in [-0.05, 0) is 6.42 Å². The summed E-state index contributed by atoms with van der Waals surface area (Å²) in [6, 6.07) is 0. The van der Waals surface area contributed by atoms with E-state index in [0.717, 1.165) is 30.7 Å². The van der Waals surface area contributed by atoms with Crippen molar-refractivity contribution in [2.45, 2.75) is 6.42 Å². The first-order valence-electron chi connectivity index (χ1n) is 6.46. The summed E-state index contributed by atoms with van der Waals surface area (Å²) in [6.07, 6.45) is 8.98. The Bertz CT molecular complexity index is 561. The van der Waals surface area contributed by atoms with Crippen LogP contribution in [0.4, 0.5) is 0 Å². The van der Waals surface area contributed by atoms with Crippen LogP contribution in [0.25, 0.3) is 0 Å². The van der Waals surface area contributed by atoms with Crippen LogP contribution in [0.2, 0.25) is 0 Å². The molecule has 0 fully saturated rings. The van der Waals surface area contributed by atoms with Crippen molar-refractivity contribution in [1.82, 2.24) is 18.3 Å². The molecule has 0 aliphatic rings. The molecular formula is C13H22N6. The van der Waals surface area contributed by atoms with Crippen molar-refractivity contribution in [3.8, 4) is 0 Å². The highest BCUT2D eigenvalue weighted by Gasteiger charge is 1.94. The van der Waals surface area contributed by atoms with E-state index in [0.29, 0.717) is 0 Å². The van der Waals surface area contributed by atoms with Gasteiger partial charge in [-0.15, -0.1) is 0 Å². The van der Waals surface area contributed by atoms with Gasteiger partial charge in [0.05, 0.1) is 0 Å². The summed E-state index contributed by atoms with van der Waals surface area (Å²) in [7, 11) is 8.03. The average Bonchev–Trinajstić information content (AvgIpc) is 2.86. The molecule has 2 aromatic heterocycles. The maximum atomic E-state index is 4.58. The van der Waals surface area contributed by atoms with E-state index >= 15 is 0 Å². The number of rotatable bonds is 4. The van der Waals surface area contributed by atoms with Crippen molar-refractivity contribution in [3.05, 3.63) is 36.0 Å². The Kier molecular flexibility index (Phi) is 4.09. The first-order chi connectivity index (χ1) is 9.09. The van der Waals surface area contributed by atoms with Gasteiger partial charge in [0.1, 0.15) is 0 Å². The Morgan fingerprint density at radius 3 is 1.32 bits per heavy atom. The number of hydrogen-bond acceptors (Lipinski definition) is 2. The molecule has 2 rings (SSSR count). The Hall–Kier alpha value is -1.98. The highest BCUT2D eigenvalue weighted by atomic mass is 15.2. The van der Waals surface area contributed by atoms with Gasteiger partial charge in [0.15, 0.2) is 0 Å². The van der Waals surface area contributed by atoms with E-state index in [1.54, 1.807) is 0 Å². The molecule has 0 saturated heterocycles. The van der Waals surface area contributed by atoms with Crippen LogP contribution in [-0.2, 0) is 28.2 Å². The van der Waals surface area contributed by atoms with Gasteiger partial charge in [0.25, 0.3) is 0 Å². The zero-order valence-electron chi connectivity index (χ0n) is 12.1. The van der Waals surface area contributed by atoms with E-state index in [1.807, 2.05) is 71.2 Å². The van der Waals surface area contributed by atoms with Crippen molar-refractivity contribution in [2.75, 3.05) is 13.1 Å².